The average Bonchev–Trinajstić information content (AvgIpc) is 3.61. The topological polar surface area (TPSA) is 104 Å². The van der Waals surface area contributed by atoms with Gasteiger partial charge in [0.05, 0.1) is 15.6 Å². The van der Waals surface area contributed by atoms with E-state index in [0.717, 1.165) is 27.1 Å². The molecule has 1 fully saturated rings. The number of para-hydroxylation sites is 1. The molecule has 2 aliphatic rings. The number of carbonyl (C=O) groups is 3. The summed E-state index contributed by atoms with van der Waals surface area (Å²) in [6.07, 6.45) is 2.26. The normalized spacial score (nSPS) is 16.5. The van der Waals surface area contributed by atoms with Gasteiger partial charge in [0, 0.05) is 30.1 Å². The fourth-order valence-corrected chi connectivity index (χ4v) is 7.69. The van der Waals surface area contributed by atoms with Crippen LogP contribution < -0.4 is 9.62 Å². The summed E-state index contributed by atoms with van der Waals surface area (Å²) in [6, 6.07) is 15.0. The molecule has 0 saturated carbocycles. The highest BCUT2D eigenvalue weighted by Crippen LogP contribution is 2.35. The highest BCUT2D eigenvalue weighted by Gasteiger charge is 2.35. The Bertz CT molecular complexity index is 1540. The number of thioether (sulfide) groups is 1. The van der Waals surface area contributed by atoms with Gasteiger partial charge in [0.15, 0.2) is 0 Å². The van der Waals surface area contributed by atoms with Crippen molar-refractivity contribution in [1.29, 1.82) is 0 Å². The molecule has 0 aliphatic carbocycles. The van der Waals surface area contributed by atoms with Gasteiger partial charge in [-0.3, -0.25) is 23.6 Å². The van der Waals surface area contributed by atoms with Crippen molar-refractivity contribution in [2.45, 2.75) is 11.3 Å². The van der Waals surface area contributed by atoms with Crippen molar-refractivity contribution in [1.82, 2.24) is 10.2 Å². The Morgan fingerprint density at radius 1 is 1.11 bits per heavy atom. The maximum absolute atomic E-state index is 13.4. The van der Waals surface area contributed by atoms with Crippen LogP contribution in [0.3, 0.4) is 0 Å². The Kier molecular flexibility index (Phi) is 7.13. The number of amides is 3. The molecule has 1 N–H and O–H groups in total. The number of fused-ring (bicyclic) bond motifs is 1. The van der Waals surface area contributed by atoms with Gasteiger partial charge in [0.2, 0.25) is 0 Å². The number of rotatable bonds is 7. The predicted octanol–water partition coefficient (Wildman–Crippen LogP) is 4.62. The molecular formula is C25H20ClN3O5S3. The molecule has 1 aromatic heterocycles. The molecule has 2 aliphatic heterocycles. The number of carbonyl (C=O) groups excluding carboxylic acids is 3. The van der Waals surface area contributed by atoms with Gasteiger partial charge in [-0.05, 0) is 65.5 Å². The highest BCUT2D eigenvalue weighted by atomic mass is 35.5. The summed E-state index contributed by atoms with van der Waals surface area (Å²) >= 11 is 8.57. The third kappa shape index (κ3) is 5.04. The summed E-state index contributed by atoms with van der Waals surface area (Å²) in [5.41, 5.74) is 1.62. The smallest absolute Gasteiger partial charge is 0.293 e. The number of nitrogens with one attached hydrogen (secondary N) is 1. The molecule has 190 valence electrons. The molecule has 2 aromatic carbocycles. The lowest BCUT2D eigenvalue weighted by Gasteiger charge is -2.20. The second-order valence-electron chi connectivity index (χ2n) is 8.21. The molecule has 12 heteroatoms. The van der Waals surface area contributed by atoms with Crippen LogP contribution in [0.15, 0.2) is 69.8 Å². The zero-order valence-electron chi connectivity index (χ0n) is 19.2. The number of hydrogen-bond donors (Lipinski definition) is 1. The van der Waals surface area contributed by atoms with Crippen LogP contribution in [0.4, 0.5) is 10.5 Å². The van der Waals surface area contributed by atoms with E-state index in [0.29, 0.717) is 17.0 Å². The summed E-state index contributed by atoms with van der Waals surface area (Å²) in [5, 5.41) is 4.13. The first-order valence-corrected chi connectivity index (χ1v) is 14.7. The second kappa shape index (κ2) is 10.3. The van der Waals surface area contributed by atoms with Crippen LogP contribution in [0, 0.1) is 0 Å². The van der Waals surface area contributed by atoms with Crippen molar-refractivity contribution in [3.05, 3.63) is 85.9 Å². The van der Waals surface area contributed by atoms with Crippen LogP contribution in [0.1, 0.15) is 20.8 Å². The lowest BCUT2D eigenvalue weighted by molar-refractivity contribution is -0.122. The summed E-state index contributed by atoms with van der Waals surface area (Å²) in [4.78, 5) is 39.8. The number of nitrogens with zero attached hydrogens (tertiary/aromatic N) is 2. The van der Waals surface area contributed by atoms with Crippen LogP contribution in [-0.4, -0.2) is 50.0 Å². The Morgan fingerprint density at radius 3 is 2.70 bits per heavy atom. The molecule has 3 amide bonds. The number of thiophene rings is 1. The van der Waals surface area contributed by atoms with Gasteiger partial charge in [-0.25, -0.2) is 8.42 Å². The molecule has 8 nitrogen and oxygen atoms in total. The Morgan fingerprint density at radius 2 is 1.92 bits per heavy atom. The van der Waals surface area contributed by atoms with E-state index in [1.165, 1.54) is 33.8 Å². The van der Waals surface area contributed by atoms with E-state index >= 15 is 0 Å². The van der Waals surface area contributed by atoms with Crippen molar-refractivity contribution >= 4 is 73.5 Å². The Labute approximate surface area is 227 Å². The number of halogens is 1. The molecule has 3 aromatic rings. The molecule has 3 heterocycles. The van der Waals surface area contributed by atoms with E-state index in [2.05, 4.69) is 5.32 Å². The third-order valence-corrected chi connectivity index (χ3v) is 9.94. The van der Waals surface area contributed by atoms with Crippen LogP contribution >= 0.6 is 34.7 Å². The minimum absolute atomic E-state index is 0.00731. The van der Waals surface area contributed by atoms with Crippen LogP contribution in [0.2, 0.25) is 5.02 Å². The predicted molar refractivity (Wildman–Crippen MR) is 145 cm³/mol. The molecule has 0 unspecified atom stereocenters. The second-order valence-corrected chi connectivity index (χ2v) is 12.4. The lowest BCUT2D eigenvalue weighted by atomic mass is 10.2. The van der Waals surface area contributed by atoms with Gasteiger partial charge in [-0.15, -0.1) is 11.3 Å². The van der Waals surface area contributed by atoms with Gasteiger partial charge >= 0.3 is 0 Å². The molecule has 0 bridgehead atoms. The number of hydrogen-bond acceptors (Lipinski definition) is 7. The number of imide groups is 1. The average molecular weight is 574 g/mol. The minimum atomic E-state index is -4.00. The summed E-state index contributed by atoms with van der Waals surface area (Å²) < 4.78 is 28.1. The first-order valence-electron chi connectivity index (χ1n) is 11.2. The first-order chi connectivity index (χ1) is 17.8. The van der Waals surface area contributed by atoms with Crippen molar-refractivity contribution in [3.8, 4) is 0 Å². The van der Waals surface area contributed by atoms with Gasteiger partial charge in [-0.2, -0.15) is 0 Å². The molecular weight excluding hydrogens is 554 g/mol. The third-order valence-electron chi connectivity index (χ3n) is 5.92. The molecule has 5 rings (SSSR count). The van der Waals surface area contributed by atoms with Crippen molar-refractivity contribution in [3.63, 3.8) is 0 Å². The zero-order chi connectivity index (χ0) is 26.2. The fraction of sp³-hybridized carbons (Fsp3) is 0.160. The van der Waals surface area contributed by atoms with Gasteiger partial charge in [0.1, 0.15) is 4.90 Å². The number of benzene rings is 2. The summed E-state index contributed by atoms with van der Waals surface area (Å²) in [5.74, 6) is -0.959. The highest BCUT2D eigenvalue weighted by molar-refractivity contribution is 8.18. The molecule has 0 spiro atoms. The SMILES string of the molecule is O=C(NCCN1C(=O)SC(=Cc2cccs2)C1=O)c1ccc(Cl)c(S(=O)(=O)N2CCc3ccccc32)c1. The van der Waals surface area contributed by atoms with E-state index in [4.69, 9.17) is 11.6 Å². The standard InChI is InChI=1S/C25H20ClN3O5S3/c26-19-8-7-17(14-22(19)37(33,34)29-11-9-16-4-1-2-6-20(16)29)23(30)27-10-12-28-24(31)21(36-25(28)32)15-18-5-3-13-35-18/h1-8,13-15H,9-12H2,(H,27,30). The van der Waals surface area contributed by atoms with E-state index in [1.54, 1.807) is 18.2 Å². The van der Waals surface area contributed by atoms with Crippen molar-refractivity contribution < 1.29 is 22.8 Å². The van der Waals surface area contributed by atoms with E-state index < -0.39 is 27.1 Å². The maximum Gasteiger partial charge on any atom is 0.293 e. The van der Waals surface area contributed by atoms with E-state index in [-0.39, 0.29) is 35.1 Å². The fourth-order valence-electron chi connectivity index (χ4n) is 4.10. The molecule has 0 atom stereocenters. The number of sulfonamides is 1. The van der Waals surface area contributed by atoms with Gasteiger partial charge in [-0.1, -0.05) is 35.9 Å². The first kappa shape index (κ1) is 25.5. The zero-order valence-corrected chi connectivity index (χ0v) is 22.4. The van der Waals surface area contributed by atoms with Crippen LogP contribution in [-0.2, 0) is 21.2 Å². The number of anilines is 1. The summed E-state index contributed by atoms with van der Waals surface area (Å²) in [6.45, 7) is 0.280. The summed E-state index contributed by atoms with van der Waals surface area (Å²) in [7, 11) is -4.00. The molecule has 1 saturated heterocycles. The van der Waals surface area contributed by atoms with Crippen molar-refractivity contribution in [2.24, 2.45) is 0 Å². The quantitative estimate of drug-likeness (QED) is 0.414. The maximum atomic E-state index is 13.4. The largest absolute Gasteiger partial charge is 0.350 e. The van der Waals surface area contributed by atoms with E-state index in [1.807, 2.05) is 29.6 Å². The Balaban J connectivity index is 1.26. The Hall–Kier alpha value is -3.12. The molecule has 0 radical (unpaired) electrons. The van der Waals surface area contributed by atoms with Gasteiger partial charge < -0.3 is 5.32 Å². The molecule has 37 heavy (non-hydrogen) atoms. The van der Waals surface area contributed by atoms with Gasteiger partial charge in [0.25, 0.3) is 27.1 Å². The van der Waals surface area contributed by atoms with E-state index in [9.17, 15) is 22.8 Å². The minimum Gasteiger partial charge on any atom is -0.350 e. The van der Waals surface area contributed by atoms with Crippen LogP contribution in [0.25, 0.3) is 6.08 Å². The lowest BCUT2D eigenvalue weighted by Crippen LogP contribution is -2.37. The van der Waals surface area contributed by atoms with Crippen LogP contribution in [0.5, 0.6) is 0 Å². The van der Waals surface area contributed by atoms with Crippen molar-refractivity contribution in [2.75, 3.05) is 23.9 Å². The monoisotopic (exact) mass is 573 g/mol.